The van der Waals surface area contributed by atoms with E-state index in [1.54, 1.807) is 6.20 Å². The van der Waals surface area contributed by atoms with Crippen molar-refractivity contribution in [1.82, 2.24) is 10.2 Å². The molecule has 0 radical (unpaired) electrons. The zero-order valence-corrected chi connectivity index (χ0v) is 11.4. The van der Waals surface area contributed by atoms with Crippen molar-refractivity contribution >= 4 is 15.8 Å². The zero-order chi connectivity index (χ0) is 13.3. The van der Waals surface area contributed by atoms with E-state index in [9.17, 15) is 8.42 Å². The van der Waals surface area contributed by atoms with Crippen LogP contribution in [0.25, 0.3) is 0 Å². The maximum absolute atomic E-state index is 11.3. The number of hydrogen-bond donors (Lipinski definition) is 1. The summed E-state index contributed by atoms with van der Waals surface area (Å²) in [4.78, 5) is 2.08. The number of primary sulfonamides is 1. The number of rotatable bonds is 2. The molecule has 100 valence electrons. The highest BCUT2D eigenvalue weighted by Crippen LogP contribution is 2.24. The van der Waals surface area contributed by atoms with Crippen LogP contribution in [0.2, 0.25) is 0 Å². The van der Waals surface area contributed by atoms with Gasteiger partial charge in [0.2, 0.25) is 10.0 Å². The molecule has 1 aliphatic heterocycles. The maximum Gasteiger partial charge on any atom is 0.212 e. The van der Waals surface area contributed by atoms with Crippen molar-refractivity contribution < 1.29 is 8.42 Å². The van der Waals surface area contributed by atoms with Crippen molar-refractivity contribution in [2.75, 3.05) is 18.0 Å². The van der Waals surface area contributed by atoms with E-state index in [-0.39, 0.29) is 0 Å². The fourth-order valence-electron chi connectivity index (χ4n) is 2.21. The van der Waals surface area contributed by atoms with Crippen molar-refractivity contribution in [3.05, 3.63) is 17.3 Å². The average molecular weight is 270 g/mol. The highest BCUT2D eigenvalue weighted by Gasteiger charge is 2.28. The fraction of sp³-hybridized carbons (Fsp3) is 0.636. The molecule has 0 unspecified atom stereocenters. The summed E-state index contributed by atoms with van der Waals surface area (Å²) in [6.07, 6.45) is 2.83. The Morgan fingerprint density at radius 2 is 1.94 bits per heavy atom. The van der Waals surface area contributed by atoms with Gasteiger partial charge >= 0.3 is 0 Å². The third kappa shape index (κ3) is 2.62. The second kappa shape index (κ2) is 4.81. The molecule has 1 saturated heterocycles. The number of sulfonamides is 1. The SMILES string of the molecule is Cc1cnnc(N2CCC(S(N)(=O)=O)CC2)c1C. The lowest BCUT2D eigenvalue weighted by Crippen LogP contribution is -2.42. The lowest BCUT2D eigenvalue weighted by Gasteiger charge is -2.32. The van der Waals surface area contributed by atoms with E-state index in [2.05, 4.69) is 15.1 Å². The lowest BCUT2D eigenvalue weighted by atomic mass is 10.1. The first-order chi connectivity index (χ1) is 8.39. The Labute approximate surface area is 107 Å². The molecule has 0 bridgehead atoms. The number of anilines is 1. The second-order valence-electron chi connectivity index (χ2n) is 4.75. The van der Waals surface area contributed by atoms with E-state index in [4.69, 9.17) is 5.14 Å². The van der Waals surface area contributed by atoms with Crippen molar-refractivity contribution in [1.29, 1.82) is 0 Å². The van der Waals surface area contributed by atoms with E-state index >= 15 is 0 Å². The van der Waals surface area contributed by atoms with Gasteiger partial charge in [0.15, 0.2) is 5.82 Å². The van der Waals surface area contributed by atoms with Gasteiger partial charge in [-0.05, 0) is 37.8 Å². The van der Waals surface area contributed by atoms with Gasteiger partial charge in [-0.2, -0.15) is 5.10 Å². The Morgan fingerprint density at radius 1 is 1.33 bits per heavy atom. The van der Waals surface area contributed by atoms with Crippen LogP contribution in [0, 0.1) is 13.8 Å². The van der Waals surface area contributed by atoms with E-state index in [0.29, 0.717) is 25.9 Å². The molecule has 2 rings (SSSR count). The topological polar surface area (TPSA) is 89.2 Å². The van der Waals surface area contributed by atoms with E-state index in [1.807, 2.05) is 13.8 Å². The standard InChI is InChI=1S/C11H18N4O2S/c1-8-7-13-14-11(9(8)2)15-5-3-10(4-6-15)18(12,16)17/h7,10H,3-6H2,1-2H3,(H2,12,16,17). The second-order valence-corrected chi connectivity index (χ2v) is 6.60. The highest BCUT2D eigenvalue weighted by atomic mass is 32.2. The molecular weight excluding hydrogens is 252 g/mol. The number of piperidine rings is 1. The van der Waals surface area contributed by atoms with Crippen LogP contribution in [-0.2, 0) is 10.0 Å². The van der Waals surface area contributed by atoms with E-state index < -0.39 is 15.3 Å². The quantitative estimate of drug-likeness (QED) is 0.837. The molecule has 7 heteroatoms. The summed E-state index contributed by atoms with van der Waals surface area (Å²) in [5.41, 5.74) is 2.19. The summed E-state index contributed by atoms with van der Waals surface area (Å²) in [5.74, 6) is 0.850. The predicted molar refractivity (Wildman–Crippen MR) is 69.8 cm³/mol. The number of nitrogens with zero attached hydrogens (tertiary/aromatic N) is 3. The smallest absolute Gasteiger partial charge is 0.212 e. The van der Waals surface area contributed by atoms with Crippen molar-refractivity contribution in [2.45, 2.75) is 31.9 Å². The summed E-state index contributed by atoms with van der Waals surface area (Å²) in [6, 6.07) is 0. The first kappa shape index (κ1) is 13.2. The van der Waals surface area contributed by atoms with Gasteiger partial charge in [-0.15, -0.1) is 5.10 Å². The van der Waals surface area contributed by atoms with Gasteiger partial charge in [0.05, 0.1) is 11.4 Å². The van der Waals surface area contributed by atoms with Crippen LogP contribution in [0.15, 0.2) is 6.20 Å². The predicted octanol–water partition coefficient (Wildman–Crippen LogP) is 0.351. The largest absolute Gasteiger partial charge is 0.355 e. The summed E-state index contributed by atoms with van der Waals surface area (Å²) in [7, 11) is -3.41. The first-order valence-corrected chi connectivity index (χ1v) is 7.56. The van der Waals surface area contributed by atoms with Crippen LogP contribution in [0.5, 0.6) is 0 Å². The lowest BCUT2D eigenvalue weighted by molar-refractivity contribution is 0.527. The van der Waals surface area contributed by atoms with Gasteiger partial charge in [-0.25, -0.2) is 13.6 Å². The molecule has 2 N–H and O–H groups in total. The van der Waals surface area contributed by atoms with E-state index in [0.717, 1.165) is 16.9 Å². The Balaban J connectivity index is 2.13. The van der Waals surface area contributed by atoms with Gasteiger partial charge < -0.3 is 4.90 Å². The van der Waals surface area contributed by atoms with Gasteiger partial charge in [-0.3, -0.25) is 0 Å². The minimum atomic E-state index is -3.41. The molecule has 18 heavy (non-hydrogen) atoms. The molecule has 0 saturated carbocycles. The molecule has 1 aromatic heterocycles. The number of nitrogens with two attached hydrogens (primary N) is 1. The molecule has 0 atom stereocenters. The van der Waals surface area contributed by atoms with Crippen LogP contribution in [0.3, 0.4) is 0 Å². The molecule has 1 fully saturated rings. The Kier molecular flexibility index (Phi) is 3.54. The molecule has 0 aliphatic carbocycles. The Morgan fingerprint density at radius 3 is 2.50 bits per heavy atom. The van der Waals surface area contributed by atoms with Crippen molar-refractivity contribution in [3.63, 3.8) is 0 Å². The molecule has 1 aliphatic rings. The molecular formula is C11H18N4O2S. The minimum Gasteiger partial charge on any atom is -0.355 e. The van der Waals surface area contributed by atoms with Gasteiger partial charge in [-0.1, -0.05) is 0 Å². The number of aryl methyl sites for hydroxylation is 1. The third-order valence-electron chi connectivity index (χ3n) is 3.54. The van der Waals surface area contributed by atoms with Gasteiger partial charge in [0.1, 0.15) is 0 Å². The molecule has 0 amide bonds. The van der Waals surface area contributed by atoms with Crippen LogP contribution in [-0.4, -0.2) is 37.0 Å². The summed E-state index contributed by atoms with van der Waals surface area (Å²) in [5, 5.41) is 12.8. The molecule has 2 heterocycles. The summed E-state index contributed by atoms with van der Waals surface area (Å²) in [6.45, 7) is 5.30. The molecule has 0 aromatic carbocycles. The van der Waals surface area contributed by atoms with Crippen LogP contribution in [0.1, 0.15) is 24.0 Å². The fourth-order valence-corrected chi connectivity index (χ4v) is 3.08. The average Bonchev–Trinajstić information content (AvgIpc) is 2.32. The number of aromatic nitrogens is 2. The zero-order valence-electron chi connectivity index (χ0n) is 10.6. The Hall–Kier alpha value is -1.21. The third-order valence-corrected chi connectivity index (χ3v) is 4.94. The maximum atomic E-state index is 11.3. The first-order valence-electron chi connectivity index (χ1n) is 5.95. The summed E-state index contributed by atoms with van der Waals surface area (Å²) < 4.78 is 22.6. The normalized spacial score (nSPS) is 18.1. The highest BCUT2D eigenvalue weighted by molar-refractivity contribution is 7.89. The Bertz CT molecular complexity index is 536. The minimum absolute atomic E-state index is 0.424. The molecule has 0 spiro atoms. The van der Waals surface area contributed by atoms with Gasteiger partial charge in [0.25, 0.3) is 0 Å². The van der Waals surface area contributed by atoms with E-state index in [1.165, 1.54) is 0 Å². The summed E-state index contributed by atoms with van der Waals surface area (Å²) >= 11 is 0. The monoisotopic (exact) mass is 270 g/mol. The molecule has 1 aromatic rings. The number of hydrogen-bond acceptors (Lipinski definition) is 5. The van der Waals surface area contributed by atoms with Gasteiger partial charge in [0, 0.05) is 13.1 Å². The van der Waals surface area contributed by atoms with Crippen molar-refractivity contribution in [3.8, 4) is 0 Å². The van der Waals surface area contributed by atoms with Crippen LogP contribution < -0.4 is 10.0 Å². The van der Waals surface area contributed by atoms with Crippen LogP contribution >= 0.6 is 0 Å². The van der Waals surface area contributed by atoms with Crippen molar-refractivity contribution in [2.24, 2.45) is 5.14 Å². The molecule has 6 nitrogen and oxygen atoms in total. The van der Waals surface area contributed by atoms with Crippen LogP contribution in [0.4, 0.5) is 5.82 Å².